The Morgan fingerprint density at radius 3 is 2.68 bits per heavy atom. The summed E-state index contributed by atoms with van der Waals surface area (Å²) >= 11 is 12.4. The van der Waals surface area contributed by atoms with E-state index < -0.39 is 6.09 Å². The van der Waals surface area contributed by atoms with Crippen molar-refractivity contribution >= 4 is 35.3 Å². The highest BCUT2D eigenvalue weighted by Crippen LogP contribution is 2.35. The highest BCUT2D eigenvalue weighted by molar-refractivity contribution is 6.36. The first kappa shape index (κ1) is 14.0. The van der Waals surface area contributed by atoms with Gasteiger partial charge < -0.3 is 9.64 Å². The third-order valence-electron chi connectivity index (χ3n) is 2.95. The van der Waals surface area contributed by atoms with Gasteiger partial charge in [-0.3, -0.25) is 10.3 Å². The molecule has 102 valence electrons. The molecular weight excluding hydrogens is 289 g/mol. The van der Waals surface area contributed by atoms with Gasteiger partial charge in [0, 0.05) is 22.7 Å². The molecule has 7 heteroatoms. The lowest BCUT2D eigenvalue weighted by Crippen LogP contribution is -2.40. The number of aliphatic imine (C=N–C) groups is 1. The Morgan fingerprint density at radius 2 is 2.11 bits per heavy atom. The van der Waals surface area contributed by atoms with Crippen LogP contribution in [0.3, 0.4) is 0 Å². The van der Waals surface area contributed by atoms with Gasteiger partial charge in [0.15, 0.2) is 0 Å². The van der Waals surface area contributed by atoms with Crippen molar-refractivity contribution in [2.45, 2.75) is 6.04 Å². The van der Waals surface area contributed by atoms with E-state index in [4.69, 9.17) is 23.2 Å². The molecule has 0 spiro atoms. The van der Waals surface area contributed by atoms with Crippen LogP contribution in [0.5, 0.6) is 0 Å². The summed E-state index contributed by atoms with van der Waals surface area (Å²) in [6, 6.07) is 5.25. The fourth-order valence-electron chi connectivity index (χ4n) is 1.94. The van der Waals surface area contributed by atoms with Gasteiger partial charge in [-0.2, -0.15) is 0 Å². The highest BCUT2D eigenvalue weighted by Gasteiger charge is 2.30. The van der Waals surface area contributed by atoms with Gasteiger partial charge in [-0.1, -0.05) is 29.3 Å². The molecule has 1 N–H and O–H groups in total. The maximum atomic E-state index is 11.2. The lowest BCUT2D eigenvalue weighted by Gasteiger charge is -2.24. The van der Waals surface area contributed by atoms with Gasteiger partial charge in [-0.15, -0.1) is 0 Å². The van der Waals surface area contributed by atoms with Gasteiger partial charge in [-0.25, -0.2) is 4.79 Å². The standard InChI is InChI=1S/C12H13Cl2N3O2/c1-17-9(6-15-11(17)16-12(18)19-2)10-7(13)4-3-5-8(10)14/h3-5,9H,6H2,1-2H3,(H,15,16,18). The van der Waals surface area contributed by atoms with E-state index >= 15 is 0 Å². The van der Waals surface area contributed by atoms with Crippen molar-refractivity contribution in [2.24, 2.45) is 4.99 Å². The van der Waals surface area contributed by atoms with Crippen LogP contribution in [0.15, 0.2) is 23.2 Å². The summed E-state index contributed by atoms with van der Waals surface area (Å²) in [4.78, 5) is 17.3. The van der Waals surface area contributed by atoms with Gasteiger partial charge in [0.25, 0.3) is 0 Å². The topological polar surface area (TPSA) is 53.9 Å². The quantitative estimate of drug-likeness (QED) is 0.868. The summed E-state index contributed by atoms with van der Waals surface area (Å²) in [6.07, 6.45) is -0.559. The first-order valence-corrected chi connectivity index (χ1v) is 6.36. The molecule has 1 aromatic rings. The number of likely N-dealkylation sites (N-methyl/N-ethyl adjacent to an activating group) is 1. The molecule has 2 rings (SSSR count). The molecule has 5 nitrogen and oxygen atoms in total. The first-order chi connectivity index (χ1) is 9.04. The molecule has 0 fully saturated rings. The molecule has 1 amide bonds. The average Bonchev–Trinajstić information content (AvgIpc) is 2.71. The second-order valence-electron chi connectivity index (χ2n) is 4.04. The molecule has 1 heterocycles. The van der Waals surface area contributed by atoms with Crippen molar-refractivity contribution in [3.63, 3.8) is 0 Å². The number of halogens is 2. The molecule has 0 bridgehead atoms. The number of nitrogens with zero attached hydrogens (tertiary/aromatic N) is 2. The second kappa shape index (κ2) is 5.67. The minimum Gasteiger partial charge on any atom is -0.453 e. The second-order valence-corrected chi connectivity index (χ2v) is 4.86. The Labute approximate surface area is 121 Å². The number of benzene rings is 1. The molecule has 0 aromatic heterocycles. The van der Waals surface area contributed by atoms with Crippen molar-refractivity contribution in [3.8, 4) is 0 Å². The SMILES string of the molecule is COC(=O)NC1=NCC(c2c(Cl)cccc2Cl)N1C. The molecule has 1 atom stereocenters. The number of amides is 1. The van der Waals surface area contributed by atoms with E-state index in [9.17, 15) is 4.79 Å². The number of methoxy groups -OCH3 is 1. The highest BCUT2D eigenvalue weighted by atomic mass is 35.5. The monoisotopic (exact) mass is 301 g/mol. The number of hydrogen-bond acceptors (Lipinski definition) is 4. The maximum absolute atomic E-state index is 11.2. The van der Waals surface area contributed by atoms with Crippen LogP contribution in [0.25, 0.3) is 0 Å². The summed E-state index contributed by atoms with van der Waals surface area (Å²) in [6.45, 7) is 0.472. The summed E-state index contributed by atoms with van der Waals surface area (Å²) in [5.41, 5.74) is 0.804. The van der Waals surface area contributed by atoms with Crippen LogP contribution in [0.1, 0.15) is 11.6 Å². The van der Waals surface area contributed by atoms with E-state index in [1.54, 1.807) is 18.2 Å². The Bertz CT molecular complexity index is 513. The molecular formula is C12H13Cl2N3O2. The van der Waals surface area contributed by atoms with Gasteiger partial charge >= 0.3 is 6.09 Å². The summed E-state index contributed by atoms with van der Waals surface area (Å²) in [5, 5.41) is 3.71. The lowest BCUT2D eigenvalue weighted by molar-refractivity contribution is 0.175. The van der Waals surface area contributed by atoms with Gasteiger partial charge in [0.2, 0.25) is 5.96 Å². The molecule has 0 radical (unpaired) electrons. The van der Waals surface area contributed by atoms with Crippen LogP contribution in [0, 0.1) is 0 Å². The minimum absolute atomic E-state index is 0.103. The Balaban J connectivity index is 2.20. The molecule has 1 aliphatic heterocycles. The fraction of sp³-hybridized carbons (Fsp3) is 0.333. The molecule has 0 aliphatic carbocycles. The van der Waals surface area contributed by atoms with E-state index in [-0.39, 0.29) is 6.04 Å². The van der Waals surface area contributed by atoms with Crippen LogP contribution in [0.2, 0.25) is 10.0 Å². The maximum Gasteiger partial charge on any atom is 0.413 e. The molecule has 0 saturated heterocycles. The van der Waals surface area contributed by atoms with Crippen molar-refractivity contribution in [3.05, 3.63) is 33.8 Å². The van der Waals surface area contributed by atoms with Gasteiger partial charge in [0.05, 0.1) is 19.7 Å². The molecule has 1 aromatic carbocycles. The average molecular weight is 302 g/mol. The zero-order chi connectivity index (χ0) is 14.0. The normalized spacial score (nSPS) is 18.2. The first-order valence-electron chi connectivity index (χ1n) is 5.60. The summed E-state index contributed by atoms with van der Waals surface area (Å²) in [5.74, 6) is 0.438. The number of rotatable bonds is 1. The number of carbonyl (C=O) groups excluding carboxylic acids is 1. The predicted octanol–water partition coefficient (Wildman–Crippen LogP) is 2.69. The van der Waals surface area contributed by atoms with Crippen molar-refractivity contribution in [2.75, 3.05) is 20.7 Å². The summed E-state index contributed by atoms with van der Waals surface area (Å²) in [7, 11) is 3.11. The number of ether oxygens (including phenoxy) is 1. The van der Waals surface area contributed by atoms with E-state index in [0.717, 1.165) is 5.56 Å². The fourth-order valence-corrected chi connectivity index (χ4v) is 2.59. The van der Waals surface area contributed by atoms with Gasteiger partial charge in [-0.05, 0) is 12.1 Å². The number of alkyl carbamates (subject to hydrolysis) is 1. The van der Waals surface area contributed by atoms with Crippen LogP contribution in [-0.2, 0) is 4.74 Å². The van der Waals surface area contributed by atoms with Crippen molar-refractivity contribution < 1.29 is 9.53 Å². The third-order valence-corrected chi connectivity index (χ3v) is 3.61. The number of carbonyl (C=O) groups is 1. The molecule has 19 heavy (non-hydrogen) atoms. The molecule has 1 aliphatic rings. The third kappa shape index (κ3) is 2.77. The van der Waals surface area contributed by atoms with Gasteiger partial charge in [0.1, 0.15) is 0 Å². The lowest BCUT2D eigenvalue weighted by atomic mass is 10.1. The van der Waals surface area contributed by atoms with Crippen LogP contribution < -0.4 is 5.32 Å². The Hall–Kier alpha value is -1.46. The van der Waals surface area contributed by atoms with Crippen LogP contribution in [-0.4, -0.2) is 37.7 Å². The van der Waals surface area contributed by atoms with Crippen molar-refractivity contribution in [1.29, 1.82) is 0 Å². The zero-order valence-corrected chi connectivity index (χ0v) is 12.0. The summed E-state index contributed by atoms with van der Waals surface area (Å²) < 4.78 is 4.54. The van der Waals surface area contributed by atoms with Crippen LogP contribution in [0.4, 0.5) is 4.79 Å². The predicted molar refractivity (Wildman–Crippen MR) is 74.8 cm³/mol. The number of nitrogens with one attached hydrogen (secondary N) is 1. The smallest absolute Gasteiger partial charge is 0.413 e. The van der Waals surface area contributed by atoms with E-state index in [1.165, 1.54) is 7.11 Å². The number of hydrogen-bond donors (Lipinski definition) is 1. The molecule has 1 unspecified atom stereocenters. The zero-order valence-electron chi connectivity index (χ0n) is 10.5. The van der Waals surface area contributed by atoms with E-state index in [0.29, 0.717) is 22.5 Å². The van der Waals surface area contributed by atoms with E-state index in [2.05, 4.69) is 15.0 Å². The molecule has 0 saturated carbocycles. The largest absolute Gasteiger partial charge is 0.453 e. The Kier molecular flexibility index (Phi) is 4.17. The Morgan fingerprint density at radius 1 is 1.47 bits per heavy atom. The van der Waals surface area contributed by atoms with E-state index in [1.807, 2.05) is 11.9 Å². The van der Waals surface area contributed by atoms with Crippen LogP contribution >= 0.6 is 23.2 Å². The van der Waals surface area contributed by atoms with Crippen molar-refractivity contribution in [1.82, 2.24) is 10.2 Å². The minimum atomic E-state index is -0.559. The number of guanidine groups is 1.